The summed E-state index contributed by atoms with van der Waals surface area (Å²) in [6, 6.07) is 5.87. The number of methoxy groups -OCH3 is 1. The SMILES string of the molecule is COc1ccc(C)cc1C(C)(C)C=O. The van der Waals surface area contributed by atoms with Gasteiger partial charge in [0.15, 0.2) is 0 Å². The molecule has 0 aliphatic rings. The van der Waals surface area contributed by atoms with Gasteiger partial charge in [0.05, 0.1) is 7.11 Å². The van der Waals surface area contributed by atoms with Crippen LogP contribution in [0.25, 0.3) is 0 Å². The Morgan fingerprint density at radius 3 is 2.50 bits per heavy atom. The van der Waals surface area contributed by atoms with Gasteiger partial charge in [-0.15, -0.1) is 0 Å². The molecule has 0 aliphatic heterocycles. The van der Waals surface area contributed by atoms with Crippen molar-refractivity contribution in [2.24, 2.45) is 0 Å². The van der Waals surface area contributed by atoms with Gasteiger partial charge in [-0.3, -0.25) is 0 Å². The number of rotatable bonds is 3. The predicted molar refractivity (Wildman–Crippen MR) is 56.8 cm³/mol. The number of hydrogen-bond acceptors (Lipinski definition) is 2. The molecule has 2 nitrogen and oxygen atoms in total. The molecule has 0 bridgehead atoms. The molecule has 0 fully saturated rings. The molecule has 0 radical (unpaired) electrons. The molecule has 1 rings (SSSR count). The zero-order chi connectivity index (χ0) is 10.8. The van der Waals surface area contributed by atoms with Crippen LogP contribution < -0.4 is 4.74 Å². The molecule has 1 aromatic carbocycles. The van der Waals surface area contributed by atoms with Crippen molar-refractivity contribution in [3.63, 3.8) is 0 Å². The van der Waals surface area contributed by atoms with Gasteiger partial charge in [0, 0.05) is 11.0 Å². The van der Waals surface area contributed by atoms with E-state index in [1.165, 1.54) is 0 Å². The second kappa shape index (κ2) is 3.82. The second-order valence-corrected chi connectivity index (χ2v) is 4.04. The third-order valence-corrected chi connectivity index (χ3v) is 2.34. The summed E-state index contributed by atoms with van der Waals surface area (Å²) in [5.41, 5.74) is 1.59. The minimum Gasteiger partial charge on any atom is -0.496 e. The molecule has 2 heteroatoms. The van der Waals surface area contributed by atoms with Crippen molar-refractivity contribution in [1.29, 1.82) is 0 Å². The van der Waals surface area contributed by atoms with Crippen molar-refractivity contribution in [3.05, 3.63) is 29.3 Å². The van der Waals surface area contributed by atoms with Crippen molar-refractivity contribution >= 4 is 6.29 Å². The minimum atomic E-state index is -0.489. The van der Waals surface area contributed by atoms with Crippen LogP contribution in [0.1, 0.15) is 25.0 Å². The van der Waals surface area contributed by atoms with Crippen molar-refractivity contribution in [3.8, 4) is 5.75 Å². The number of carbonyl (C=O) groups is 1. The Balaban J connectivity index is 3.30. The Labute approximate surface area is 84.9 Å². The fourth-order valence-electron chi connectivity index (χ4n) is 1.39. The smallest absolute Gasteiger partial charge is 0.130 e. The zero-order valence-electron chi connectivity index (χ0n) is 9.13. The van der Waals surface area contributed by atoms with Crippen molar-refractivity contribution in [2.45, 2.75) is 26.2 Å². The topological polar surface area (TPSA) is 26.3 Å². The first-order chi connectivity index (χ1) is 6.51. The summed E-state index contributed by atoms with van der Waals surface area (Å²) < 4.78 is 5.23. The summed E-state index contributed by atoms with van der Waals surface area (Å²) in [5.74, 6) is 0.771. The number of aldehydes is 1. The first-order valence-electron chi connectivity index (χ1n) is 4.62. The summed E-state index contributed by atoms with van der Waals surface area (Å²) in [6.07, 6.45) is 0.949. The normalized spacial score (nSPS) is 11.1. The maximum absolute atomic E-state index is 11.0. The van der Waals surface area contributed by atoms with E-state index in [1.807, 2.05) is 39.0 Å². The van der Waals surface area contributed by atoms with Crippen molar-refractivity contribution < 1.29 is 9.53 Å². The van der Waals surface area contributed by atoms with Crippen LogP contribution >= 0.6 is 0 Å². The standard InChI is InChI=1S/C12H16O2/c1-9-5-6-11(14-4)10(7-9)12(2,3)8-13/h5-8H,1-4H3. The molecule has 0 aliphatic carbocycles. The lowest BCUT2D eigenvalue weighted by Gasteiger charge is -2.20. The Morgan fingerprint density at radius 2 is 2.00 bits per heavy atom. The third kappa shape index (κ3) is 1.95. The molecule has 14 heavy (non-hydrogen) atoms. The van der Waals surface area contributed by atoms with Crippen LogP contribution in [0.2, 0.25) is 0 Å². The van der Waals surface area contributed by atoms with E-state index >= 15 is 0 Å². The summed E-state index contributed by atoms with van der Waals surface area (Å²) in [4.78, 5) is 11.0. The van der Waals surface area contributed by atoms with E-state index in [4.69, 9.17) is 4.74 Å². The lowest BCUT2D eigenvalue weighted by atomic mass is 9.85. The lowest BCUT2D eigenvalue weighted by molar-refractivity contribution is -0.111. The van der Waals surface area contributed by atoms with Gasteiger partial charge in [0.2, 0.25) is 0 Å². The molecular formula is C12H16O2. The van der Waals surface area contributed by atoms with E-state index in [1.54, 1.807) is 7.11 Å². The van der Waals surface area contributed by atoms with Gasteiger partial charge >= 0.3 is 0 Å². The lowest BCUT2D eigenvalue weighted by Crippen LogP contribution is -2.19. The highest BCUT2D eigenvalue weighted by Gasteiger charge is 2.23. The van der Waals surface area contributed by atoms with Crippen LogP contribution in [0.5, 0.6) is 5.75 Å². The number of ether oxygens (including phenoxy) is 1. The molecule has 0 spiro atoms. The molecule has 0 amide bonds. The minimum absolute atomic E-state index is 0.489. The summed E-state index contributed by atoms with van der Waals surface area (Å²) >= 11 is 0. The van der Waals surface area contributed by atoms with Crippen molar-refractivity contribution in [1.82, 2.24) is 0 Å². The quantitative estimate of drug-likeness (QED) is 0.688. The van der Waals surface area contributed by atoms with Gasteiger partial charge < -0.3 is 9.53 Å². The van der Waals surface area contributed by atoms with Gasteiger partial charge in [0.25, 0.3) is 0 Å². The molecule has 0 N–H and O–H groups in total. The molecule has 0 unspecified atom stereocenters. The second-order valence-electron chi connectivity index (χ2n) is 4.04. The van der Waals surface area contributed by atoms with Gasteiger partial charge in [-0.2, -0.15) is 0 Å². The molecule has 0 atom stereocenters. The third-order valence-electron chi connectivity index (χ3n) is 2.34. The van der Waals surface area contributed by atoms with Crippen LogP contribution in [0.4, 0.5) is 0 Å². The molecule has 0 heterocycles. The van der Waals surface area contributed by atoms with E-state index in [0.29, 0.717) is 0 Å². The van der Waals surface area contributed by atoms with Crippen molar-refractivity contribution in [2.75, 3.05) is 7.11 Å². The molecule has 1 aromatic rings. The molecule has 76 valence electrons. The monoisotopic (exact) mass is 192 g/mol. The van der Waals surface area contributed by atoms with Crippen LogP contribution in [-0.4, -0.2) is 13.4 Å². The average Bonchev–Trinajstić information content (AvgIpc) is 2.18. The van der Waals surface area contributed by atoms with Crippen LogP contribution in [0.15, 0.2) is 18.2 Å². The van der Waals surface area contributed by atoms with Gasteiger partial charge in [0.1, 0.15) is 12.0 Å². The van der Waals surface area contributed by atoms with E-state index in [0.717, 1.165) is 23.2 Å². The molecule has 0 saturated carbocycles. The molecule has 0 aromatic heterocycles. The Hall–Kier alpha value is -1.31. The fraction of sp³-hybridized carbons (Fsp3) is 0.417. The summed E-state index contributed by atoms with van der Waals surface area (Å²) in [7, 11) is 1.62. The van der Waals surface area contributed by atoms with Crippen LogP contribution in [0.3, 0.4) is 0 Å². The Kier molecular flexibility index (Phi) is 2.94. The first kappa shape index (κ1) is 10.8. The number of benzene rings is 1. The molecule has 0 saturated heterocycles. The van der Waals surface area contributed by atoms with Gasteiger partial charge in [-0.25, -0.2) is 0 Å². The number of hydrogen-bond donors (Lipinski definition) is 0. The number of carbonyl (C=O) groups excluding carboxylic acids is 1. The van der Waals surface area contributed by atoms with E-state index in [9.17, 15) is 4.79 Å². The zero-order valence-corrected chi connectivity index (χ0v) is 9.13. The highest BCUT2D eigenvalue weighted by molar-refractivity contribution is 5.69. The van der Waals surface area contributed by atoms with E-state index in [-0.39, 0.29) is 0 Å². The van der Waals surface area contributed by atoms with E-state index < -0.39 is 5.41 Å². The largest absolute Gasteiger partial charge is 0.496 e. The summed E-state index contributed by atoms with van der Waals surface area (Å²) in [5, 5.41) is 0. The maximum Gasteiger partial charge on any atom is 0.130 e. The maximum atomic E-state index is 11.0. The molecular weight excluding hydrogens is 176 g/mol. The Morgan fingerprint density at radius 1 is 1.36 bits per heavy atom. The van der Waals surface area contributed by atoms with E-state index in [2.05, 4.69) is 0 Å². The number of aryl methyl sites for hydroxylation is 1. The highest BCUT2D eigenvalue weighted by atomic mass is 16.5. The predicted octanol–water partition coefficient (Wildman–Crippen LogP) is 2.48. The average molecular weight is 192 g/mol. The highest BCUT2D eigenvalue weighted by Crippen LogP contribution is 2.30. The van der Waals surface area contributed by atoms with Gasteiger partial charge in [-0.05, 0) is 26.8 Å². The van der Waals surface area contributed by atoms with Crippen LogP contribution in [-0.2, 0) is 10.2 Å². The fourth-order valence-corrected chi connectivity index (χ4v) is 1.39. The summed E-state index contributed by atoms with van der Waals surface area (Å²) in [6.45, 7) is 5.78. The van der Waals surface area contributed by atoms with Crippen LogP contribution in [0, 0.1) is 6.92 Å². The first-order valence-corrected chi connectivity index (χ1v) is 4.62. The van der Waals surface area contributed by atoms with Gasteiger partial charge in [-0.1, -0.05) is 17.7 Å². The Bertz CT molecular complexity index is 340.